The summed E-state index contributed by atoms with van der Waals surface area (Å²) in [6.07, 6.45) is 2.25. The van der Waals surface area contributed by atoms with Crippen molar-refractivity contribution in [2.75, 3.05) is 18.1 Å². The van der Waals surface area contributed by atoms with Crippen LogP contribution in [0.25, 0.3) is 0 Å². The molecule has 1 unspecified atom stereocenters. The fraction of sp³-hybridized carbons (Fsp3) is 0.533. The smallest absolute Gasteiger partial charge is 0.226 e. The molecule has 98 valence electrons. The Labute approximate surface area is 114 Å². The fourth-order valence-corrected chi connectivity index (χ4v) is 3.47. The van der Waals surface area contributed by atoms with Gasteiger partial charge in [0.15, 0.2) is 0 Å². The molecule has 2 rings (SSSR count). The molecule has 1 fully saturated rings. The van der Waals surface area contributed by atoms with Crippen molar-refractivity contribution >= 4 is 17.7 Å². The van der Waals surface area contributed by atoms with E-state index in [1.165, 1.54) is 17.7 Å². The van der Waals surface area contributed by atoms with E-state index >= 15 is 0 Å². The van der Waals surface area contributed by atoms with Crippen LogP contribution >= 0.6 is 11.8 Å². The van der Waals surface area contributed by atoms with E-state index in [4.69, 9.17) is 0 Å². The van der Waals surface area contributed by atoms with Crippen molar-refractivity contribution in [2.45, 2.75) is 26.3 Å². The quantitative estimate of drug-likeness (QED) is 0.831. The summed E-state index contributed by atoms with van der Waals surface area (Å²) >= 11 is 1.92. The fourth-order valence-electron chi connectivity index (χ4n) is 2.34. The zero-order chi connectivity index (χ0) is 12.8. The standard InChI is InChI=1S/C15H21NOS/c1-2-16(11-13-7-4-3-5-8-13)15(17)14-9-6-10-18-12-14/h3-5,7-8,14H,2,6,9-12H2,1H3. The van der Waals surface area contributed by atoms with E-state index in [0.29, 0.717) is 5.91 Å². The van der Waals surface area contributed by atoms with Crippen molar-refractivity contribution in [2.24, 2.45) is 5.92 Å². The van der Waals surface area contributed by atoms with Crippen LogP contribution in [-0.4, -0.2) is 28.9 Å². The number of hydrogen-bond acceptors (Lipinski definition) is 2. The van der Waals surface area contributed by atoms with Crippen molar-refractivity contribution in [1.82, 2.24) is 4.90 Å². The molecule has 0 saturated carbocycles. The van der Waals surface area contributed by atoms with E-state index in [0.717, 1.165) is 25.3 Å². The van der Waals surface area contributed by atoms with Gasteiger partial charge in [0.2, 0.25) is 5.91 Å². The van der Waals surface area contributed by atoms with E-state index in [-0.39, 0.29) is 5.92 Å². The number of amides is 1. The summed E-state index contributed by atoms with van der Waals surface area (Å²) in [6.45, 7) is 3.61. The Bertz CT molecular complexity index is 373. The molecule has 1 amide bonds. The van der Waals surface area contributed by atoms with Gasteiger partial charge in [-0.25, -0.2) is 0 Å². The molecule has 0 aliphatic carbocycles. The zero-order valence-electron chi connectivity index (χ0n) is 11.0. The van der Waals surface area contributed by atoms with Gasteiger partial charge in [-0.2, -0.15) is 11.8 Å². The minimum atomic E-state index is 0.243. The molecule has 1 atom stereocenters. The number of hydrogen-bond donors (Lipinski definition) is 0. The second-order valence-corrected chi connectivity index (χ2v) is 5.90. The maximum absolute atomic E-state index is 12.4. The van der Waals surface area contributed by atoms with E-state index < -0.39 is 0 Å². The molecule has 0 spiro atoms. The van der Waals surface area contributed by atoms with Crippen LogP contribution in [-0.2, 0) is 11.3 Å². The predicted octanol–water partition coefficient (Wildman–Crippen LogP) is 3.18. The Kier molecular flexibility index (Phi) is 5.12. The van der Waals surface area contributed by atoms with Crippen LogP contribution in [0.5, 0.6) is 0 Å². The predicted molar refractivity (Wildman–Crippen MR) is 77.6 cm³/mol. The molecule has 1 aromatic carbocycles. The summed E-state index contributed by atoms with van der Waals surface area (Å²) in [4.78, 5) is 14.4. The van der Waals surface area contributed by atoms with E-state index in [1.54, 1.807) is 0 Å². The van der Waals surface area contributed by atoms with Crippen LogP contribution in [0.3, 0.4) is 0 Å². The Balaban J connectivity index is 1.97. The average Bonchev–Trinajstić information content (AvgIpc) is 2.46. The molecule has 0 N–H and O–H groups in total. The topological polar surface area (TPSA) is 20.3 Å². The zero-order valence-corrected chi connectivity index (χ0v) is 11.8. The van der Waals surface area contributed by atoms with Gasteiger partial charge in [-0.15, -0.1) is 0 Å². The molecular weight excluding hydrogens is 242 g/mol. The first-order valence-electron chi connectivity index (χ1n) is 6.71. The van der Waals surface area contributed by atoms with E-state index in [1.807, 2.05) is 34.9 Å². The normalized spacial score (nSPS) is 19.5. The van der Waals surface area contributed by atoms with Gasteiger partial charge in [-0.1, -0.05) is 30.3 Å². The van der Waals surface area contributed by atoms with Gasteiger partial charge < -0.3 is 4.90 Å². The number of nitrogens with zero attached hydrogens (tertiary/aromatic N) is 1. The van der Waals surface area contributed by atoms with Crippen LogP contribution in [0.1, 0.15) is 25.3 Å². The third-order valence-corrected chi connectivity index (χ3v) is 4.63. The Morgan fingerprint density at radius 1 is 1.39 bits per heavy atom. The first kappa shape index (κ1) is 13.5. The van der Waals surface area contributed by atoms with Crippen molar-refractivity contribution in [1.29, 1.82) is 0 Å². The van der Waals surface area contributed by atoms with E-state index in [9.17, 15) is 4.79 Å². The van der Waals surface area contributed by atoms with Crippen LogP contribution in [0.4, 0.5) is 0 Å². The first-order chi connectivity index (χ1) is 8.81. The lowest BCUT2D eigenvalue weighted by atomic mass is 10.0. The van der Waals surface area contributed by atoms with Crippen LogP contribution < -0.4 is 0 Å². The van der Waals surface area contributed by atoms with Gasteiger partial charge in [-0.05, 0) is 31.1 Å². The summed E-state index contributed by atoms with van der Waals surface area (Å²) in [7, 11) is 0. The molecule has 1 aromatic rings. The molecule has 0 bridgehead atoms. The summed E-state index contributed by atoms with van der Waals surface area (Å²) in [5.74, 6) is 2.81. The average molecular weight is 263 g/mol. The van der Waals surface area contributed by atoms with Crippen LogP contribution in [0, 0.1) is 5.92 Å². The molecule has 0 radical (unpaired) electrons. The van der Waals surface area contributed by atoms with Crippen LogP contribution in [0.15, 0.2) is 30.3 Å². The molecule has 1 heterocycles. The van der Waals surface area contributed by atoms with Gasteiger partial charge >= 0.3 is 0 Å². The second-order valence-electron chi connectivity index (χ2n) is 4.75. The molecule has 0 aromatic heterocycles. The van der Waals surface area contributed by atoms with Crippen LogP contribution in [0.2, 0.25) is 0 Å². The van der Waals surface area contributed by atoms with Gasteiger partial charge in [0.1, 0.15) is 0 Å². The van der Waals surface area contributed by atoms with Crippen molar-refractivity contribution in [3.63, 3.8) is 0 Å². The number of thioether (sulfide) groups is 1. The highest BCUT2D eigenvalue weighted by Crippen LogP contribution is 2.24. The van der Waals surface area contributed by atoms with Crippen molar-refractivity contribution < 1.29 is 4.79 Å². The lowest BCUT2D eigenvalue weighted by Gasteiger charge is -2.28. The largest absolute Gasteiger partial charge is 0.338 e. The Morgan fingerprint density at radius 3 is 2.78 bits per heavy atom. The van der Waals surface area contributed by atoms with Gasteiger partial charge in [-0.3, -0.25) is 4.79 Å². The van der Waals surface area contributed by atoms with E-state index in [2.05, 4.69) is 19.1 Å². The summed E-state index contributed by atoms with van der Waals surface area (Å²) in [6, 6.07) is 10.3. The molecule has 18 heavy (non-hydrogen) atoms. The van der Waals surface area contributed by atoms with Gasteiger partial charge in [0, 0.05) is 24.8 Å². The first-order valence-corrected chi connectivity index (χ1v) is 7.87. The molecule has 1 saturated heterocycles. The molecule has 1 aliphatic heterocycles. The number of carbonyl (C=O) groups is 1. The highest BCUT2D eigenvalue weighted by molar-refractivity contribution is 7.99. The summed E-state index contributed by atoms with van der Waals surface area (Å²) in [5.41, 5.74) is 1.22. The Hall–Kier alpha value is -0.960. The highest BCUT2D eigenvalue weighted by Gasteiger charge is 2.25. The lowest BCUT2D eigenvalue weighted by molar-refractivity contribution is -0.135. The third kappa shape index (κ3) is 3.52. The number of rotatable bonds is 4. The van der Waals surface area contributed by atoms with Gasteiger partial charge in [0.05, 0.1) is 0 Å². The van der Waals surface area contributed by atoms with Gasteiger partial charge in [0.25, 0.3) is 0 Å². The lowest BCUT2D eigenvalue weighted by Crippen LogP contribution is -2.37. The number of benzene rings is 1. The maximum atomic E-state index is 12.4. The second kappa shape index (κ2) is 6.83. The third-order valence-electron chi connectivity index (χ3n) is 3.42. The molecule has 1 aliphatic rings. The highest BCUT2D eigenvalue weighted by atomic mass is 32.2. The van der Waals surface area contributed by atoms with Crippen molar-refractivity contribution in [3.8, 4) is 0 Å². The molecular formula is C15H21NOS. The Morgan fingerprint density at radius 2 is 2.17 bits per heavy atom. The molecule has 2 nitrogen and oxygen atoms in total. The number of carbonyl (C=O) groups excluding carboxylic acids is 1. The SMILES string of the molecule is CCN(Cc1ccccc1)C(=O)C1CCCSC1. The maximum Gasteiger partial charge on any atom is 0.226 e. The van der Waals surface area contributed by atoms with Crippen molar-refractivity contribution in [3.05, 3.63) is 35.9 Å². The summed E-state index contributed by atoms with van der Waals surface area (Å²) < 4.78 is 0. The monoisotopic (exact) mass is 263 g/mol. The summed E-state index contributed by atoms with van der Waals surface area (Å²) in [5, 5.41) is 0. The minimum Gasteiger partial charge on any atom is -0.338 e. The minimum absolute atomic E-state index is 0.243. The molecule has 3 heteroatoms.